The summed E-state index contributed by atoms with van der Waals surface area (Å²) in [6.45, 7) is 1.26. The summed E-state index contributed by atoms with van der Waals surface area (Å²) in [6, 6.07) is 11.2. The van der Waals surface area contributed by atoms with Gasteiger partial charge in [-0.15, -0.1) is 24.2 Å². The van der Waals surface area contributed by atoms with E-state index in [4.69, 9.17) is 26.1 Å². The summed E-state index contributed by atoms with van der Waals surface area (Å²) in [5.41, 5.74) is 0.699. The minimum atomic E-state index is -0.00575. The largest absolute Gasteiger partial charge is 0.495 e. The van der Waals surface area contributed by atoms with Crippen molar-refractivity contribution in [2.45, 2.75) is 4.90 Å². The number of hydrogen-bond acceptors (Lipinski definition) is 7. The van der Waals surface area contributed by atoms with Crippen LogP contribution in [-0.4, -0.2) is 62.9 Å². The summed E-state index contributed by atoms with van der Waals surface area (Å²) in [5.74, 6) is 1.67. The molecule has 1 heterocycles. The van der Waals surface area contributed by atoms with Crippen molar-refractivity contribution in [3.63, 3.8) is 0 Å². The van der Waals surface area contributed by atoms with Crippen molar-refractivity contribution in [1.82, 2.24) is 9.88 Å². The molecular formula is C21H25Cl2N3O3S2. The van der Waals surface area contributed by atoms with Gasteiger partial charge >= 0.3 is 0 Å². The number of benzene rings is 2. The second-order valence-corrected chi connectivity index (χ2v) is 9.20. The maximum atomic E-state index is 13.1. The van der Waals surface area contributed by atoms with Crippen molar-refractivity contribution in [3.8, 4) is 11.5 Å². The van der Waals surface area contributed by atoms with Crippen LogP contribution in [0.5, 0.6) is 11.5 Å². The van der Waals surface area contributed by atoms with Crippen LogP contribution in [0.1, 0.15) is 0 Å². The first kappa shape index (κ1) is 25.5. The highest BCUT2D eigenvalue weighted by atomic mass is 35.5. The maximum absolute atomic E-state index is 13.1. The van der Waals surface area contributed by atoms with E-state index in [0.29, 0.717) is 39.5 Å². The van der Waals surface area contributed by atoms with E-state index in [-0.39, 0.29) is 18.3 Å². The Balaban J connectivity index is 0.00000341. The molecule has 3 aromatic rings. The van der Waals surface area contributed by atoms with Crippen LogP contribution >= 0.6 is 47.1 Å². The normalized spacial score (nSPS) is 10.8. The number of fused-ring (bicyclic) bond motifs is 1. The Morgan fingerprint density at radius 1 is 1.06 bits per heavy atom. The van der Waals surface area contributed by atoms with E-state index in [1.54, 1.807) is 19.1 Å². The number of rotatable bonds is 9. The van der Waals surface area contributed by atoms with Crippen LogP contribution in [0.15, 0.2) is 41.3 Å². The number of amides is 1. The van der Waals surface area contributed by atoms with E-state index < -0.39 is 0 Å². The number of carbonyl (C=O) groups is 1. The molecule has 0 saturated heterocycles. The number of methoxy groups -OCH3 is 2. The lowest BCUT2D eigenvalue weighted by molar-refractivity contribution is -0.116. The highest BCUT2D eigenvalue weighted by molar-refractivity contribution is 8.00. The summed E-state index contributed by atoms with van der Waals surface area (Å²) in [7, 11) is 7.20. The monoisotopic (exact) mass is 501 g/mol. The highest BCUT2D eigenvalue weighted by Crippen LogP contribution is 2.40. The topological polar surface area (TPSA) is 54.9 Å². The van der Waals surface area contributed by atoms with Gasteiger partial charge in [-0.1, -0.05) is 22.9 Å². The summed E-state index contributed by atoms with van der Waals surface area (Å²) in [6.07, 6.45) is 0. The van der Waals surface area contributed by atoms with Gasteiger partial charge in [-0.3, -0.25) is 9.69 Å². The fourth-order valence-corrected chi connectivity index (χ4v) is 4.79. The molecule has 1 aromatic heterocycles. The molecule has 0 atom stereocenters. The molecule has 2 aromatic carbocycles. The summed E-state index contributed by atoms with van der Waals surface area (Å²) in [4.78, 5) is 22.7. The van der Waals surface area contributed by atoms with Gasteiger partial charge in [0.1, 0.15) is 21.7 Å². The van der Waals surface area contributed by atoms with Crippen molar-refractivity contribution < 1.29 is 14.3 Å². The number of likely N-dealkylation sites (N-methyl/N-ethyl adjacent to an activating group) is 1. The molecule has 1 amide bonds. The Bertz CT molecular complexity index is 972. The summed E-state index contributed by atoms with van der Waals surface area (Å²) >= 11 is 8.86. The van der Waals surface area contributed by atoms with Gasteiger partial charge in [0.15, 0.2) is 5.13 Å². The number of hydrogen-bond donors (Lipinski definition) is 0. The van der Waals surface area contributed by atoms with Gasteiger partial charge in [-0.05, 0) is 50.5 Å². The molecule has 6 nitrogen and oxygen atoms in total. The Morgan fingerprint density at radius 3 is 2.32 bits per heavy atom. The zero-order valence-electron chi connectivity index (χ0n) is 17.8. The molecule has 0 N–H and O–H groups in total. The minimum absolute atomic E-state index is 0. The van der Waals surface area contributed by atoms with Crippen molar-refractivity contribution in [2.24, 2.45) is 0 Å². The van der Waals surface area contributed by atoms with Crippen molar-refractivity contribution >= 4 is 68.4 Å². The molecule has 0 aliphatic carbocycles. The number of anilines is 1. The van der Waals surface area contributed by atoms with Crippen molar-refractivity contribution in [1.29, 1.82) is 0 Å². The minimum Gasteiger partial charge on any atom is -0.495 e. The van der Waals surface area contributed by atoms with E-state index >= 15 is 0 Å². The van der Waals surface area contributed by atoms with E-state index in [2.05, 4.69) is 0 Å². The lowest BCUT2D eigenvalue weighted by Crippen LogP contribution is -2.37. The average Bonchev–Trinajstić information content (AvgIpc) is 3.17. The van der Waals surface area contributed by atoms with Gasteiger partial charge in [0.05, 0.1) is 20.0 Å². The Kier molecular flexibility index (Phi) is 9.71. The van der Waals surface area contributed by atoms with Crippen LogP contribution in [0.3, 0.4) is 0 Å². The van der Waals surface area contributed by atoms with Gasteiger partial charge in [0.25, 0.3) is 0 Å². The average molecular weight is 502 g/mol. The highest BCUT2D eigenvalue weighted by Gasteiger charge is 2.22. The van der Waals surface area contributed by atoms with Crippen molar-refractivity contribution in [2.75, 3.05) is 52.1 Å². The predicted octanol–water partition coefficient (Wildman–Crippen LogP) is 5.08. The van der Waals surface area contributed by atoms with Gasteiger partial charge < -0.3 is 14.4 Å². The van der Waals surface area contributed by atoms with E-state index in [0.717, 1.165) is 16.1 Å². The molecule has 168 valence electrons. The second kappa shape index (κ2) is 11.8. The Hall–Kier alpha value is -1.71. The molecule has 0 spiro atoms. The van der Waals surface area contributed by atoms with Crippen LogP contribution in [-0.2, 0) is 4.79 Å². The Morgan fingerprint density at radius 2 is 1.71 bits per heavy atom. The SMILES string of the molecule is COc1ccc(OC)c2sc(N(CCN(C)C)C(=O)CSc3ccc(Cl)cc3)nc12.Cl. The number of thiazole rings is 1. The molecule has 0 fully saturated rings. The summed E-state index contributed by atoms with van der Waals surface area (Å²) < 4.78 is 11.8. The number of aromatic nitrogens is 1. The molecule has 0 radical (unpaired) electrons. The fourth-order valence-electron chi connectivity index (χ4n) is 2.77. The maximum Gasteiger partial charge on any atom is 0.239 e. The number of halogens is 2. The Labute approximate surface area is 201 Å². The first-order valence-corrected chi connectivity index (χ1v) is 11.5. The van der Waals surface area contributed by atoms with Crippen LogP contribution in [0.2, 0.25) is 5.02 Å². The van der Waals surface area contributed by atoms with E-state index in [1.165, 1.54) is 23.1 Å². The van der Waals surface area contributed by atoms with E-state index in [9.17, 15) is 4.79 Å². The smallest absolute Gasteiger partial charge is 0.239 e. The molecule has 0 aliphatic heterocycles. The van der Waals surface area contributed by atoms with Crippen molar-refractivity contribution in [3.05, 3.63) is 41.4 Å². The molecule has 0 saturated carbocycles. The third-order valence-electron chi connectivity index (χ3n) is 4.38. The van der Waals surface area contributed by atoms with Gasteiger partial charge in [-0.25, -0.2) is 4.98 Å². The van der Waals surface area contributed by atoms with Crippen LogP contribution in [0.25, 0.3) is 10.2 Å². The van der Waals surface area contributed by atoms with Crippen LogP contribution in [0, 0.1) is 0 Å². The number of carbonyl (C=O) groups excluding carboxylic acids is 1. The zero-order chi connectivity index (χ0) is 21.7. The summed E-state index contributed by atoms with van der Waals surface area (Å²) in [5, 5.41) is 1.31. The first-order chi connectivity index (χ1) is 14.4. The van der Waals surface area contributed by atoms with Crippen LogP contribution in [0.4, 0.5) is 5.13 Å². The zero-order valence-corrected chi connectivity index (χ0v) is 21.0. The lowest BCUT2D eigenvalue weighted by atomic mass is 10.3. The molecule has 0 unspecified atom stereocenters. The predicted molar refractivity (Wildman–Crippen MR) is 133 cm³/mol. The van der Waals surface area contributed by atoms with Gasteiger partial charge in [0.2, 0.25) is 5.91 Å². The first-order valence-electron chi connectivity index (χ1n) is 9.28. The number of nitrogens with zero attached hydrogens (tertiary/aromatic N) is 3. The van der Waals surface area contributed by atoms with Gasteiger partial charge in [-0.2, -0.15) is 0 Å². The third kappa shape index (κ3) is 6.40. The standard InChI is InChI=1S/C21H24ClN3O3S2.ClH/c1-24(2)11-12-25(18(26)13-29-15-7-5-14(22)6-8-15)21-23-19-16(27-3)9-10-17(28-4)20(19)30-21;/h5-10H,11-13H2,1-4H3;1H. The van der Waals surface area contributed by atoms with Gasteiger partial charge in [0, 0.05) is 23.0 Å². The number of ether oxygens (including phenoxy) is 2. The molecule has 0 bridgehead atoms. The van der Waals surface area contributed by atoms with E-state index in [1.807, 2.05) is 55.4 Å². The fraction of sp³-hybridized carbons (Fsp3) is 0.333. The molecular weight excluding hydrogens is 477 g/mol. The quantitative estimate of drug-likeness (QED) is 0.381. The van der Waals surface area contributed by atoms with Crippen LogP contribution < -0.4 is 14.4 Å². The molecule has 0 aliphatic rings. The lowest BCUT2D eigenvalue weighted by Gasteiger charge is -2.21. The molecule has 3 rings (SSSR count). The molecule has 31 heavy (non-hydrogen) atoms. The second-order valence-electron chi connectivity index (χ2n) is 6.74. The molecule has 10 heteroatoms. The number of thioether (sulfide) groups is 1. The third-order valence-corrected chi connectivity index (χ3v) is 6.72.